The van der Waals surface area contributed by atoms with Crippen LogP contribution in [0.15, 0.2) is 60.9 Å². The maximum atomic E-state index is 12.4. The number of nitrogens with one attached hydrogen (secondary N) is 3. The van der Waals surface area contributed by atoms with Crippen molar-refractivity contribution in [1.82, 2.24) is 19.7 Å². The topological polar surface area (TPSA) is 100 Å². The molecule has 2 aromatic carbocycles. The first-order valence-electron chi connectivity index (χ1n) is 12.3. The number of benzene rings is 2. The van der Waals surface area contributed by atoms with Gasteiger partial charge in [-0.15, -0.1) is 0 Å². The van der Waals surface area contributed by atoms with Crippen LogP contribution in [0.3, 0.4) is 0 Å². The molecule has 1 aliphatic rings. The predicted octanol–water partition coefficient (Wildman–Crippen LogP) is 4.98. The van der Waals surface area contributed by atoms with Gasteiger partial charge in [0.1, 0.15) is 0 Å². The molecule has 184 valence electrons. The number of anilines is 2. The highest BCUT2D eigenvalue weighted by atomic mass is 16.2. The minimum absolute atomic E-state index is 0.0385. The number of aromatic nitrogens is 3. The van der Waals surface area contributed by atoms with Gasteiger partial charge in [0.15, 0.2) is 11.5 Å². The van der Waals surface area contributed by atoms with Gasteiger partial charge in [0, 0.05) is 42.4 Å². The number of amides is 2. The molecular weight excluding hydrogens is 452 g/mol. The summed E-state index contributed by atoms with van der Waals surface area (Å²) in [6, 6.07) is 15.5. The average Bonchev–Trinajstić information content (AvgIpc) is 3.57. The number of fused-ring (bicyclic) bond motifs is 1. The van der Waals surface area contributed by atoms with E-state index in [9.17, 15) is 9.59 Å². The monoisotopic (exact) mass is 482 g/mol. The molecule has 36 heavy (non-hydrogen) atoms. The number of para-hydroxylation sites is 1. The number of imidazole rings is 1. The number of hydrogen-bond acceptors (Lipinski definition) is 5. The summed E-state index contributed by atoms with van der Waals surface area (Å²) in [5, 5.41) is 9.36. The van der Waals surface area contributed by atoms with Crippen molar-refractivity contribution in [3.63, 3.8) is 0 Å². The van der Waals surface area contributed by atoms with Gasteiger partial charge in [0.2, 0.25) is 5.91 Å². The van der Waals surface area contributed by atoms with E-state index in [4.69, 9.17) is 4.98 Å². The van der Waals surface area contributed by atoms with Crippen molar-refractivity contribution in [2.45, 2.75) is 39.7 Å². The molecule has 0 aliphatic heterocycles. The number of carbonyl (C=O) groups is 2. The molecule has 0 radical (unpaired) electrons. The van der Waals surface area contributed by atoms with E-state index in [-0.39, 0.29) is 11.8 Å². The van der Waals surface area contributed by atoms with Crippen molar-refractivity contribution in [2.24, 2.45) is 5.92 Å². The van der Waals surface area contributed by atoms with E-state index in [0.717, 1.165) is 36.2 Å². The van der Waals surface area contributed by atoms with E-state index in [1.807, 2.05) is 65.3 Å². The Kier molecular flexibility index (Phi) is 6.41. The van der Waals surface area contributed by atoms with Gasteiger partial charge in [-0.3, -0.25) is 14.0 Å². The Morgan fingerprint density at radius 3 is 2.53 bits per heavy atom. The average molecular weight is 483 g/mol. The lowest BCUT2D eigenvalue weighted by Crippen LogP contribution is -2.25. The second kappa shape index (κ2) is 9.81. The Bertz CT molecular complexity index is 1420. The molecule has 0 bridgehead atoms. The number of hydrogen-bond donors (Lipinski definition) is 3. The van der Waals surface area contributed by atoms with Crippen LogP contribution >= 0.6 is 0 Å². The SMILES string of the molecule is CC(=O)Nc1ccccc1-c1cn2c(-c3ccc(C(=O)NC4CC4)cc3)cnc2c(NCC(C)C)n1. The minimum atomic E-state index is -0.143. The maximum Gasteiger partial charge on any atom is 0.251 e. The van der Waals surface area contributed by atoms with E-state index in [2.05, 4.69) is 34.8 Å². The number of carbonyl (C=O) groups excluding carboxylic acids is 2. The van der Waals surface area contributed by atoms with Crippen LogP contribution in [0.1, 0.15) is 44.0 Å². The van der Waals surface area contributed by atoms with Crippen molar-refractivity contribution < 1.29 is 9.59 Å². The molecule has 4 aromatic rings. The molecule has 0 saturated heterocycles. The van der Waals surface area contributed by atoms with Crippen LogP contribution in [0.25, 0.3) is 28.2 Å². The van der Waals surface area contributed by atoms with Crippen LogP contribution in [-0.2, 0) is 4.79 Å². The highest BCUT2D eigenvalue weighted by Gasteiger charge is 2.24. The first-order chi connectivity index (χ1) is 17.4. The summed E-state index contributed by atoms with van der Waals surface area (Å²) in [5.41, 5.74) is 5.39. The van der Waals surface area contributed by atoms with E-state index in [0.29, 0.717) is 40.4 Å². The van der Waals surface area contributed by atoms with Crippen LogP contribution in [0.4, 0.5) is 11.5 Å². The summed E-state index contributed by atoms with van der Waals surface area (Å²) in [4.78, 5) is 33.8. The third kappa shape index (κ3) is 5.07. The van der Waals surface area contributed by atoms with E-state index in [1.165, 1.54) is 6.92 Å². The zero-order valence-electron chi connectivity index (χ0n) is 20.7. The third-order valence-corrected chi connectivity index (χ3v) is 6.04. The fraction of sp³-hybridized carbons (Fsp3) is 0.286. The Balaban J connectivity index is 1.58. The quantitative estimate of drug-likeness (QED) is 0.329. The van der Waals surface area contributed by atoms with Gasteiger partial charge in [-0.1, -0.05) is 44.2 Å². The molecule has 1 aliphatic carbocycles. The molecule has 2 aromatic heterocycles. The molecule has 1 fully saturated rings. The minimum Gasteiger partial charge on any atom is -0.367 e. The maximum absolute atomic E-state index is 12.4. The normalized spacial score (nSPS) is 13.1. The standard InChI is InChI=1S/C28H30N6O2/c1-17(2)14-29-26-27-30-15-25(19-8-10-20(11-9-19)28(36)32-21-12-13-21)34(27)16-24(33-26)22-6-4-5-7-23(22)31-18(3)35/h4-11,15-17,21H,12-14H2,1-3H3,(H,29,33)(H,31,35)(H,32,36). The van der Waals surface area contributed by atoms with Gasteiger partial charge >= 0.3 is 0 Å². The van der Waals surface area contributed by atoms with Gasteiger partial charge in [-0.05, 0) is 37.0 Å². The van der Waals surface area contributed by atoms with Crippen molar-refractivity contribution in [1.29, 1.82) is 0 Å². The summed E-state index contributed by atoms with van der Waals surface area (Å²) in [5.74, 6) is 0.913. The van der Waals surface area contributed by atoms with E-state index in [1.54, 1.807) is 0 Å². The van der Waals surface area contributed by atoms with Gasteiger partial charge in [-0.25, -0.2) is 9.97 Å². The summed E-state index contributed by atoms with van der Waals surface area (Å²) < 4.78 is 2.01. The molecule has 8 nitrogen and oxygen atoms in total. The van der Waals surface area contributed by atoms with Crippen LogP contribution in [0.2, 0.25) is 0 Å². The van der Waals surface area contributed by atoms with Gasteiger partial charge in [0.05, 0.1) is 23.3 Å². The van der Waals surface area contributed by atoms with E-state index < -0.39 is 0 Å². The van der Waals surface area contributed by atoms with Gasteiger partial charge < -0.3 is 16.0 Å². The molecule has 5 rings (SSSR count). The van der Waals surface area contributed by atoms with E-state index >= 15 is 0 Å². The highest BCUT2D eigenvalue weighted by molar-refractivity contribution is 5.95. The Labute approximate surface area is 210 Å². The second-order valence-electron chi connectivity index (χ2n) is 9.64. The van der Waals surface area contributed by atoms with Crippen molar-refractivity contribution >= 4 is 29.0 Å². The largest absolute Gasteiger partial charge is 0.367 e. The summed E-state index contributed by atoms with van der Waals surface area (Å²) in [7, 11) is 0. The molecule has 3 N–H and O–H groups in total. The lowest BCUT2D eigenvalue weighted by molar-refractivity contribution is -0.114. The molecule has 0 unspecified atom stereocenters. The summed E-state index contributed by atoms with van der Waals surface area (Å²) in [6.45, 7) is 6.51. The Morgan fingerprint density at radius 1 is 1.08 bits per heavy atom. The summed E-state index contributed by atoms with van der Waals surface area (Å²) >= 11 is 0. The van der Waals surface area contributed by atoms with Crippen molar-refractivity contribution in [3.8, 4) is 22.5 Å². The Hall–Kier alpha value is -4.20. The lowest BCUT2D eigenvalue weighted by atomic mass is 10.1. The fourth-order valence-electron chi connectivity index (χ4n) is 4.04. The van der Waals surface area contributed by atoms with Crippen LogP contribution in [0.5, 0.6) is 0 Å². The van der Waals surface area contributed by atoms with Crippen LogP contribution in [0, 0.1) is 5.92 Å². The second-order valence-corrected chi connectivity index (χ2v) is 9.64. The molecule has 2 heterocycles. The van der Waals surface area contributed by atoms with Crippen molar-refractivity contribution in [2.75, 3.05) is 17.2 Å². The first kappa shape index (κ1) is 23.5. The number of nitrogens with zero attached hydrogens (tertiary/aromatic N) is 3. The summed E-state index contributed by atoms with van der Waals surface area (Å²) in [6.07, 6.45) is 5.87. The molecule has 0 spiro atoms. The van der Waals surface area contributed by atoms with Gasteiger partial charge in [0.25, 0.3) is 5.91 Å². The first-order valence-corrected chi connectivity index (χ1v) is 12.3. The van der Waals surface area contributed by atoms with Crippen LogP contribution in [-0.4, -0.2) is 38.8 Å². The fourth-order valence-corrected chi connectivity index (χ4v) is 4.04. The zero-order chi connectivity index (χ0) is 25.2. The highest BCUT2D eigenvalue weighted by Crippen LogP contribution is 2.31. The molecule has 2 amide bonds. The molecular formula is C28H30N6O2. The van der Waals surface area contributed by atoms with Gasteiger partial charge in [-0.2, -0.15) is 0 Å². The molecule has 8 heteroatoms. The smallest absolute Gasteiger partial charge is 0.251 e. The lowest BCUT2D eigenvalue weighted by Gasteiger charge is -2.14. The Morgan fingerprint density at radius 2 is 1.83 bits per heavy atom. The number of rotatable bonds is 8. The molecule has 0 atom stereocenters. The predicted molar refractivity (Wildman–Crippen MR) is 142 cm³/mol. The van der Waals surface area contributed by atoms with Crippen LogP contribution < -0.4 is 16.0 Å². The zero-order valence-corrected chi connectivity index (χ0v) is 20.7. The molecule has 1 saturated carbocycles. The third-order valence-electron chi connectivity index (χ3n) is 6.04. The van der Waals surface area contributed by atoms with Crippen molar-refractivity contribution in [3.05, 3.63) is 66.5 Å².